The number of benzene rings is 1. The Kier molecular flexibility index (Phi) is 5.38. The molecule has 1 unspecified atom stereocenters. The van der Waals surface area contributed by atoms with Gasteiger partial charge in [-0.2, -0.15) is 0 Å². The highest BCUT2D eigenvalue weighted by Crippen LogP contribution is 2.39. The molecule has 4 rings (SSSR count). The van der Waals surface area contributed by atoms with Crippen molar-refractivity contribution in [3.05, 3.63) is 34.3 Å². The molecule has 4 nitrogen and oxygen atoms in total. The Bertz CT molecular complexity index is 868. The van der Waals surface area contributed by atoms with Crippen LogP contribution in [0.3, 0.4) is 0 Å². The van der Waals surface area contributed by atoms with Gasteiger partial charge in [-0.15, -0.1) is 0 Å². The number of nitrogens with zero attached hydrogens (tertiary/aromatic N) is 4. The van der Waals surface area contributed by atoms with Crippen LogP contribution >= 0.6 is 11.6 Å². The van der Waals surface area contributed by atoms with Gasteiger partial charge in [-0.25, -0.2) is 4.98 Å². The maximum Gasteiger partial charge on any atom is 0.132 e. The van der Waals surface area contributed by atoms with Gasteiger partial charge in [-0.1, -0.05) is 24.6 Å². The second-order valence-corrected chi connectivity index (χ2v) is 8.39. The second kappa shape index (κ2) is 7.76. The molecule has 0 N–H and O–H groups in total. The van der Waals surface area contributed by atoms with E-state index in [9.17, 15) is 0 Å². The minimum Gasteiger partial charge on any atom is -0.354 e. The molecule has 1 atom stereocenters. The molecule has 0 aliphatic carbocycles. The minimum atomic E-state index is 0.488. The van der Waals surface area contributed by atoms with Crippen LogP contribution in [0.15, 0.2) is 23.2 Å². The van der Waals surface area contributed by atoms with Gasteiger partial charge in [-0.05, 0) is 56.8 Å². The number of piperazine rings is 1. The van der Waals surface area contributed by atoms with Crippen molar-refractivity contribution >= 4 is 34.0 Å². The number of anilines is 1. The van der Waals surface area contributed by atoms with Gasteiger partial charge < -0.3 is 9.80 Å². The van der Waals surface area contributed by atoms with Crippen molar-refractivity contribution in [3.8, 4) is 0 Å². The zero-order valence-corrected chi connectivity index (χ0v) is 17.4. The molecule has 1 aromatic carbocycles. The maximum absolute atomic E-state index is 6.33. The molecule has 0 bridgehead atoms. The summed E-state index contributed by atoms with van der Waals surface area (Å²) in [4.78, 5) is 14.8. The molecule has 1 fully saturated rings. The predicted octanol–water partition coefficient (Wildman–Crippen LogP) is 4.54. The molecular formula is C22H29ClN4. The summed E-state index contributed by atoms with van der Waals surface area (Å²) in [6.07, 6.45) is 3.12. The van der Waals surface area contributed by atoms with Crippen LogP contribution in [0.1, 0.15) is 43.7 Å². The molecule has 1 saturated heterocycles. The van der Waals surface area contributed by atoms with Gasteiger partial charge in [0.1, 0.15) is 5.82 Å². The predicted molar refractivity (Wildman–Crippen MR) is 116 cm³/mol. The Morgan fingerprint density at radius 2 is 1.96 bits per heavy atom. The van der Waals surface area contributed by atoms with E-state index in [0.717, 1.165) is 62.5 Å². The van der Waals surface area contributed by atoms with Crippen molar-refractivity contribution in [2.24, 2.45) is 4.99 Å². The number of aliphatic imine (C=N–C) groups is 1. The Labute approximate surface area is 167 Å². The molecule has 27 heavy (non-hydrogen) atoms. The average Bonchev–Trinajstić information content (AvgIpc) is 2.65. The quantitative estimate of drug-likeness (QED) is 0.761. The van der Waals surface area contributed by atoms with Crippen LogP contribution in [0.4, 0.5) is 5.82 Å². The molecule has 3 heterocycles. The Morgan fingerprint density at radius 1 is 1.19 bits per heavy atom. The highest BCUT2D eigenvalue weighted by molar-refractivity contribution is 6.31. The molecule has 2 aliphatic rings. The summed E-state index contributed by atoms with van der Waals surface area (Å²) in [6, 6.07) is 6.21. The molecule has 0 amide bonds. The normalized spacial score (nSPS) is 21.6. The van der Waals surface area contributed by atoms with E-state index >= 15 is 0 Å². The molecule has 0 saturated carbocycles. The van der Waals surface area contributed by atoms with Crippen LogP contribution in [-0.2, 0) is 6.42 Å². The summed E-state index contributed by atoms with van der Waals surface area (Å²) < 4.78 is 0. The summed E-state index contributed by atoms with van der Waals surface area (Å²) in [5.74, 6) is 1.66. The van der Waals surface area contributed by atoms with Crippen LogP contribution < -0.4 is 4.90 Å². The van der Waals surface area contributed by atoms with Gasteiger partial charge in [-0.3, -0.25) is 4.99 Å². The van der Waals surface area contributed by atoms with E-state index in [1.54, 1.807) is 0 Å². The lowest BCUT2D eigenvalue weighted by Crippen LogP contribution is -2.45. The molecule has 2 aromatic rings. The summed E-state index contributed by atoms with van der Waals surface area (Å²) in [7, 11) is 2.19. The average molecular weight is 385 g/mol. The number of pyridine rings is 1. The molecule has 2 aliphatic heterocycles. The largest absolute Gasteiger partial charge is 0.354 e. The first kappa shape index (κ1) is 18.7. The number of aromatic nitrogens is 1. The highest BCUT2D eigenvalue weighted by Gasteiger charge is 2.27. The molecular weight excluding hydrogens is 356 g/mol. The zero-order valence-electron chi connectivity index (χ0n) is 16.6. The fraction of sp³-hybridized carbons (Fsp3) is 0.545. The third-order valence-electron chi connectivity index (χ3n) is 6.06. The molecule has 1 aromatic heterocycles. The zero-order chi connectivity index (χ0) is 19.0. The monoisotopic (exact) mass is 384 g/mol. The third-order valence-corrected chi connectivity index (χ3v) is 6.30. The van der Waals surface area contributed by atoms with E-state index in [2.05, 4.69) is 36.8 Å². The van der Waals surface area contributed by atoms with E-state index in [0.29, 0.717) is 5.92 Å². The van der Waals surface area contributed by atoms with Crippen molar-refractivity contribution in [1.82, 2.24) is 9.88 Å². The first-order chi connectivity index (χ1) is 13.1. The summed E-state index contributed by atoms with van der Waals surface area (Å²) >= 11 is 6.33. The van der Waals surface area contributed by atoms with Gasteiger partial charge in [0.05, 0.1) is 5.52 Å². The number of fused-ring (bicyclic) bond motifs is 3. The van der Waals surface area contributed by atoms with Crippen molar-refractivity contribution in [2.45, 2.75) is 39.0 Å². The van der Waals surface area contributed by atoms with Crippen LogP contribution in [0, 0.1) is 0 Å². The lowest BCUT2D eigenvalue weighted by Gasteiger charge is -2.36. The molecule has 0 spiro atoms. The molecule has 5 heteroatoms. The van der Waals surface area contributed by atoms with Crippen molar-refractivity contribution in [3.63, 3.8) is 0 Å². The number of rotatable bonds is 2. The fourth-order valence-corrected chi connectivity index (χ4v) is 4.68. The van der Waals surface area contributed by atoms with Crippen LogP contribution in [0.5, 0.6) is 0 Å². The van der Waals surface area contributed by atoms with E-state index in [-0.39, 0.29) is 0 Å². The van der Waals surface area contributed by atoms with Crippen molar-refractivity contribution in [1.29, 1.82) is 0 Å². The van der Waals surface area contributed by atoms with Gasteiger partial charge in [0.25, 0.3) is 0 Å². The SMILES string of the molecule is CCC1CC(C)=NCCc2c(N3CCN(C)CC3)nc3cc(Cl)ccc3c21. The lowest BCUT2D eigenvalue weighted by molar-refractivity contribution is 0.312. The summed E-state index contributed by atoms with van der Waals surface area (Å²) in [6.45, 7) is 9.55. The standard InChI is InChI=1S/C22H29ClN4/c1-4-16-13-15(2)24-8-7-19-21(16)18-6-5-17(23)14-20(18)25-22(19)27-11-9-26(3)10-12-27/h5-6,14,16H,4,7-13H2,1-3H3. The third kappa shape index (κ3) is 3.70. The van der Waals surface area contributed by atoms with Gasteiger partial charge in [0.15, 0.2) is 0 Å². The molecule has 144 valence electrons. The van der Waals surface area contributed by atoms with Crippen LogP contribution in [-0.4, -0.2) is 55.4 Å². The van der Waals surface area contributed by atoms with Crippen LogP contribution in [0.2, 0.25) is 5.02 Å². The number of hydrogen-bond acceptors (Lipinski definition) is 4. The van der Waals surface area contributed by atoms with E-state index in [1.165, 1.54) is 28.0 Å². The van der Waals surface area contributed by atoms with Crippen molar-refractivity contribution in [2.75, 3.05) is 44.7 Å². The number of halogens is 1. The summed E-state index contributed by atoms with van der Waals surface area (Å²) in [5, 5.41) is 2.03. The minimum absolute atomic E-state index is 0.488. The lowest BCUT2D eigenvalue weighted by atomic mass is 9.83. The number of hydrogen-bond donors (Lipinski definition) is 0. The Morgan fingerprint density at radius 3 is 2.70 bits per heavy atom. The number of likely N-dealkylation sites (N-methyl/N-ethyl adjacent to an activating group) is 1. The van der Waals surface area contributed by atoms with Gasteiger partial charge in [0.2, 0.25) is 0 Å². The van der Waals surface area contributed by atoms with Gasteiger partial charge >= 0.3 is 0 Å². The van der Waals surface area contributed by atoms with E-state index < -0.39 is 0 Å². The second-order valence-electron chi connectivity index (χ2n) is 7.96. The Balaban J connectivity index is 1.92. The Hall–Kier alpha value is -1.65. The van der Waals surface area contributed by atoms with Gasteiger partial charge in [0, 0.05) is 54.4 Å². The van der Waals surface area contributed by atoms with Crippen LogP contribution in [0.25, 0.3) is 10.9 Å². The summed E-state index contributed by atoms with van der Waals surface area (Å²) in [5.41, 5.74) is 5.20. The van der Waals surface area contributed by atoms with E-state index in [4.69, 9.17) is 21.6 Å². The van der Waals surface area contributed by atoms with Crippen molar-refractivity contribution < 1.29 is 0 Å². The highest BCUT2D eigenvalue weighted by atomic mass is 35.5. The fourth-order valence-electron chi connectivity index (χ4n) is 4.51. The smallest absolute Gasteiger partial charge is 0.132 e. The molecule has 0 radical (unpaired) electrons. The maximum atomic E-state index is 6.33. The first-order valence-electron chi connectivity index (χ1n) is 10.1. The first-order valence-corrected chi connectivity index (χ1v) is 10.5. The topological polar surface area (TPSA) is 31.7 Å². The van der Waals surface area contributed by atoms with E-state index in [1.807, 2.05) is 12.1 Å².